The minimum absolute atomic E-state index is 0.158. The molecule has 0 aliphatic rings. The molecule has 2 N–H and O–H groups in total. The maximum absolute atomic E-state index is 13.1. The van der Waals surface area contributed by atoms with Crippen LogP contribution in [0.4, 0.5) is 11.4 Å². The number of rotatable bonds is 10. The highest BCUT2D eigenvalue weighted by atomic mass is 32.2. The summed E-state index contributed by atoms with van der Waals surface area (Å²) in [6.07, 6.45) is 0.557. The molecule has 10 heteroatoms. The Bertz CT molecular complexity index is 1430. The van der Waals surface area contributed by atoms with Crippen molar-refractivity contribution in [3.05, 3.63) is 72.8 Å². The Morgan fingerprint density at radius 3 is 1.77 bits per heavy atom. The Morgan fingerprint density at radius 1 is 0.769 bits per heavy atom. The molecule has 2 amide bonds. The van der Waals surface area contributed by atoms with E-state index in [1.807, 2.05) is 55.5 Å². The molecule has 0 saturated carbocycles. The Balaban J connectivity index is 1.59. The number of anilines is 2. The lowest BCUT2D eigenvalue weighted by molar-refractivity contribution is -0.116. The number of hydrogen-bond donors (Lipinski definition) is 2. The van der Waals surface area contributed by atoms with Gasteiger partial charge in [-0.15, -0.1) is 10.2 Å². The van der Waals surface area contributed by atoms with Crippen LogP contribution in [0.1, 0.15) is 20.3 Å². The zero-order valence-corrected chi connectivity index (χ0v) is 22.9. The van der Waals surface area contributed by atoms with Gasteiger partial charge in [-0.2, -0.15) is 0 Å². The molecule has 0 bridgehead atoms. The number of nitrogens with one attached hydrogen (secondary N) is 2. The van der Waals surface area contributed by atoms with Crippen LogP contribution in [0.3, 0.4) is 0 Å². The van der Waals surface area contributed by atoms with Crippen molar-refractivity contribution in [3.8, 4) is 34.0 Å². The summed E-state index contributed by atoms with van der Waals surface area (Å²) in [5.74, 6) is 1.13. The van der Waals surface area contributed by atoms with Crippen LogP contribution in [0.25, 0.3) is 22.5 Å². The number of carbonyl (C=O) groups is 2. The lowest BCUT2D eigenvalue weighted by Crippen LogP contribution is -2.25. The van der Waals surface area contributed by atoms with E-state index >= 15 is 0 Å². The number of carbonyl (C=O) groups excluding carboxylic acids is 2. The Labute approximate surface area is 231 Å². The van der Waals surface area contributed by atoms with Crippen LogP contribution < -0.4 is 20.1 Å². The summed E-state index contributed by atoms with van der Waals surface area (Å²) < 4.78 is 10.6. The van der Waals surface area contributed by atoms with E-state index in [9.17, 15) is 9.59 Å². The summed E-state index contributed by atoms with van der Waals surface area (Å²) in [4.78, 5) is 29.1. The van der Waals surface area contributed by atoms with E-state index < -0.39 is 5.25 Å². The fraction of sp³-hybridized carbons (Fsp3) is 0.207. The summed E-state index contributed by atoms with van der Waals surface area (Å²) in [6.45, 7) is 3.37. The molecule has 0 spiro atoms. The Hall–Kier alpha value is -4.44. The number of hydrogen-bond acceptors (Lipinski definition) is 8. The molecule has 0 radical (unpaired) electrons. The molecule has 0 aliphatic carbocycles. The molecule has 1 heterocycles. The predicted molar refractivity (Wildman–Crippen MR) is 153 cm³/mol. The van der Waals surface area contributed by atoms with Gasteiger partial charge in [0.25, 0.3) is 0 Å². The number of aromatic nitrogens is 3. The van der Waals surface area contributed by atoms with E-state index in [1.165, 1.54) is 18.7 Å². The van der Waals surface area contributed by atoms with Gasteiger partial charge in [0.2, 0.25) is 17.0 Å². The molecular formula is C29H29N5O4S. The lowest BCUT2D eigenvalue weighted by Gasteiger charge is -2.15. The molecule has 0 aliphatic heterocycles. The highest BCUT2D eigenvalue weighted by molar-refractivity contribution is 8.00. The van der Waals surface area contributed by atoms with E-state index in [-0.39, 0.29) is 11.8 Å². The fourth-order valence-electron chi connectivity index (χ4n) is 3.77. The Morgan fingerprint density at radius 2 is 1.28 bits per heavy atom. The maximum atomic E-state index is 13.1. The van der Waals surface area contributed by atoms with Gasteiger partial charge in [-0.3, -0.25) is 9.59 Å². The molecule has 1 aromatic heterocycles. The average Bonchev–Trinajstić information content (AvgIpc) is 2.96. The van der Waals surface area contributed by atoms with Crippen LogP contribution in [0.15, 0.2) is 78.0 Å². The summed E-state index contributed by atoms with van der Waals surface area (Å²) in [6, 6.07) is 22.0. The van der Waals surface area contributed by atoms with Crippen molar-refractivity contribution in [2.24, 2.45) is 0 Å². The molecule has 0 fully saturated rings. The first kappa shape index (κ1) is 27.6. The quantitative estimate of drug-likeness (QED) is 0.245. The molecule has 0 saturated heterocycles. The first-order chi connectivity index (χ1) is 18.9. The standard InChI is InChI=1S/C29H29N5O4S/c1-5-25(28(36)31-22-12-10-21(11-13-22)30-18(2)35)39-29-32-26(19-6-14-23(37-3)15-7-19)27(33-34-29)20-8-16-24(38-4)17-9-20/h6-17,25H,5H2,1-4H3,(H,30,35)(H,31,36). The third-order valence-corrected chi connectivity index (χ3v) is 6.99. The highest BCUT2D eigenvalue weighted by Crippen LogP contribution is 2.33. The lowest BCUT2D eigenvalue weighted by atomic mass is 10.0. The van der Waals surface area contributed by atoms with Crippen molar-refractivity contribution in [1.29, 1.82) is 0 Å². The van der Waals surface area contributed by atoms with Crippen LogP contribution in [0.2, 0.25) is 0 Å². The summed E-state index contributed by atoms with van der Waals surface area (Å²) >= 11 is 1.26. The normalized spacial score (nSPS) is 11.4. The van der Waals surface area contributed by atoms with Crippen molar-refractivity contribution >= 4 is 35.0 Å². The number of thioether (sulfide) groups is 1. The molecule has 4 aromatic rings. The second-order valence-corrected chi connectivity index (χ2v) is 9.68. The van der Waals surface area contributed by atoms with Gasteiger partial charge < -0.3 is 20.1 Å². The fourth-order valence-corrected chi connectivity index (χ4v) is 4.59. The third-order valence-electron chi connectivity index (χ3n) is 5.78. The van der Waals surface area contributed by atoms with Gasteiger partial charge in [-0.25, -0.2) is 4.98 Å². The van der Waals surface area contributed by atoms with Gasteiger partial charge in [0, 0.05) is 29.4 Å². The monoisotopic (exact) mass is 543 g/mol. The van der Waals surface area contributed by atoms with Crippen LogP contribution in [0, 0.1) is 0 Å². The molecule has 1 unspecified atom stereocenters. The first-order valence-corrected chi connectivity index (χ1v) is 13.2. The van der Waals surface area contributed by atoms with Gasteiger partial charge in [0.05, 0.1) is 19.5 Å². The second-order valence-electron chi connectivity index (χ2n) is 8.51. The maximum Gasteiger partial charge on any atom is 0.237 e. The van der Waals surface area contributed by atoms with E-state index in [4.69, 9.17) is 14.5 Å². The second kappa shape index (κ2) is 12.9. The van der Waals surface area contributed by atoms with Crippen molar-refractivity contribution < 1.29 is 19.1 Å². The average molecular weight is 544 g/mol. The number of nitrogens with zero attached hydrogens (tertiary/aromatic N) is 3. The SMILES string of the molecule is CCC(Sc1nnc(-c2ccc(OC)cc2)c(-c2ccc(OC)cc2)n1)C(=O)Nc1ccc(NC(C)=O)cc1. The smallest absolute Gasteiger partial charge is 0.237 e. The summed E-state index contributed by atoms with van der Waals surface area (Å²) in [5, 5.41) is 14.5. The largest absolute Gasteiger partial charge is 0.497 e. The van der Waals surface area contributed by atoms with Crippen molar-refractivity contribution in [2.75, 3.05) is 24.9 Å². The first-order valence-electron chi connectivity index (χ1n) is 12.3. The molecule has 200 valence electrons. The molecule has 39 heavy (non-hydrogen) atoms. The van der Waals surface area contributed by atoms with Gasteiger partial charge in [0.1, 0.15) is 22.9 Å². The van der Waals surface area contributed by atoms with Crippen molar-refractivity contribution in [1.82, 2.24) is 15.2 Å². The molecule has 3 aromatic carbocycles. The summed E-state index contributed by atoms with van der Waals surface area (Å²) in [5.41, 5.74) is 4.22. The number of ether oxygens (including phenoxy) is 2. The molecule has 1 atom stereocenters. The van der Waals surface area contributed by atoms with E-state index in [0.29, 0.717) is 34.3 Å². The predicted octanol–water partition coefficient (Wildman–Crippen LogP) is 5.69. The highest BCUT2D eigenvalue weighted by Gasteiger charge is 2.22. The number of amides is 2. The van der Waals surface area contributed by atoms with Gasteiger partial charge >= 0.3 is 0 Å². The molecule has 9 nitrogen and oxygen atoms in total. The zero-order valence-electron chi connectivity index (χ0n) is 22.1. The van der Waals surface area contributed by atoms with Crippen molar-refractivity contribution in [3.63, 3.8) is 0 Å². The van der Waals surface area contributed by atoms with Crippen LogP contribution in [0.5, 0.6) is 11.5 Å². The van der Waals surface area contributed by atoms with Gasteiger partial charge in [0.15, 0.2) is 0 Å². The Kier molecular flexibility index (Phi) is 9.11. The summed E-state index contributed by atoms with van der Waals surface area (Å²) in [7, 11) is 3.23. The van der Waals surface area contributed by atoms with Crippen molar-refractivity contribution in [2.45, 2.75) is 30.7 Å². The molecule has 4 rings (SSSR count). The zero-order chi connectivity index (χ0) is 27.8. The van der Waals surface area contributed by atoms with E-state index in [2.05, 4.69) is 20.8 Å². The number of methoxy groups -OCH3 is 2. The van der Waals surface area contributed by atoms with Gasteiger partial charge in [-0.05, 0) is 79.2 Å². The van der Waals surface area contributed by atoms with Crippen LogP contribution >= 0.6 is 11.8 Å². The molecular weight excluding hydrogens is 514 g/mol. The van der Waals surface area contributed by atoms with E-state index in [0.717, 1.165) is 22.6 Å². The van der Waals surface area contributed by atoms with E-state index in [1.54, 1.807) is 38.5 Å². The minimum Gasteiger partial charge on any atom is -0.497 e. The third kappa shape index (κ3) is 7.11. The van der Waals surface area contributed by atoms with Crippen LogP contribution in [-0.2, 0) is 9.59 Å². The minimum atomic E-state index is -0.447. The van der Waals surface area contributed by atoms with Gasteiger partial charge in [-0.1, -0.05) is 18.7 Å². The topological polar surface area (TPSA) is 115 Å². The van der Waals surface area contributed by atoms with Crippen LogP contribution in [-0.4, -0.2) is 46.5 Å². The number of benzene rings is 3.